The van der Waals surface area contributed by atoms with Gasteiger partial charge in [-0.25, -0.2) is 18.6 Å². The van der Waals surface area contributed by atoms with E-state index < -0.39 is 17.6 Å². The molecule has 0 saturated heterocycles. The molecule has 1 aromatic carbocycles. The standard InChI is InChI=1S/C14H9F2NO3/c15-10-4-5-11(16)12(8-10)20-14-9(2-1-7-17-14)3-6-13(18)19/h1-8H,(H,18,19)/b6-3+. The van der Waals surface area contributed by atoms with Gasteiger partial charge >= 0.3 is 5.97 Å². The lowest BCUT2D eigenvalue weighted by Gasteiger charge is -2.08. The molecule has 0 saturated carbocycles. The molecule has 1 aromatic heterocycles. The normalized spacial score (nSPS) is 10.7. The maximum atomic E-state index is 13.5. The highest BCUT2D eigenvalue weighted by Crippen LogP contribution is 2.26. The zero-order valence-corrected chi connectivity index (χ0v) is 10.1. The molecule has 2 aromatic rings. The van der Waals surface area contributed by atoms with Crippen molar-refractivity contribution in [1.29, 1.82) is 0 Å². The van der Waals surface area contributed by atoms with Gasteiger partial charge in [0.1, 0.15) is 5.82 Å². The fourth-order valence-electron chi connectivity index (χ4n) is 1.44. The van der Waals surface area contributed by atoms with Crippen LogP contribution >= 0.6 is 0 Å². The van der Waals surface area contributed by atoms with Gasteiger partial charge in [-0.3, -0.25) is 0 Å². The van der Waals surface area contributed by atoms with Gasteiger partial charge in [0.15, 0.2) is 11.6 Å². The quantitative estimate of drug-likeness (QED) is 0.871. The molecule has 1 N–H and O–H groups in total. The number of aromatic nitrogens is 1. The van der Waals surface area contributed by atoms with E-state index >= 15 is 0 Å². The maximum Gasteiger partial charge on any atom is 0.328 e. The molecule has 20 heavy (non-hydrogen) atoms. The summed E-state index contributed by atoms with van der Waals surface area (Å²) in [4.78, 5) is 14.4. The number of carboxylic acids is 1. The minimum atomic E-state index is -1.14. The van der Waals surface area contributed by atoms with Crippen LogP contribution < -0.4 is 4.74 Å². The van der Waals surface area contributed by atoms with E-state index in [0.717, 1.165) is 24.3 Å². The lowest BCUT2D eigenvalue weighted by Crippen LogP contribution is -1.94. The Morgan fingerprint density at radius 2 is 2.10 bits per heavy atom. The van der Waals surface area contributed by atoms with E-state index in [9.17, 15) is 13.6 Å². The third kappa shape index (κ3) is 3.38. The number of hydrogen-bond acceptors (Lipinski definition) is 3. The molecule has 2 rings (SSSR count). The molecule has 6 heteroatoms. The van der Waals surface area contributed by atoms with Crippen molar-refractivity contribution >= 4 is 12.0 Å². The van der Waals surface area contributed by atoms with Crippen molar-refractivity contribution in [1.82, 2.24) is 4.98 Å². The molecule has 102 valence electrons. The Bertz CT molecular complexity index is 671. The Morgan fingerprint density at radius 1 is 1.30 bits per heavy atom. The van der Waals surface area contributed by atoms with Crippen molar-refractivity contribution in [2.45, 2.75) is 0 Å². The number of hydrogen-bond donors (Lipinski definition) is 1. The highest BCUT2D eigenvalue weighted by molar-refractivity contribution is 5.85. The number of pyridine rings is 1. The first kappa shape index (κ1) is 13.7. The fraction of sp³-hybridized carbons (Fsp3) is 0. The third-order valence-corrected chi connectivity index (χ3v) is 2.31. The van der Waals surface area contributed by atoms with Crippen LogP contribution in [0.5, 0.6) is 11.6 Å². The number of nitrogens with zero attached hydrogens (tertiary/aromatic N) is 1. The number of carboxylic acid groups (broad SMARTS) is 1. The molecule has 0 aliphatic rings. The Labute approximate surface area is 113 Å². The van der Waals surface area contributed by atoms with Crippen LogP contribution in [-0.2, 0) is 4.79 Å². The topological polar surface area (TPSA) is 59.4 Å². The summed E-state index contributed by atoms with van der Waals surface area (Å²) in [7, 11) is 0. The van der Waals surface area contributed by atoms with Crippen LogP contribution in [0.2, 0.25) is 0 Å². The Balaban J connectivity index is 2.34. The second kappa shape index (κ2) is 5.92. The SMILES string of the molecule is O=C(O)/C=C/c1cccnc1Oc1cc(F)ccc1F. The number of carbonyl (C=O) groups is 1. The first-order valence-electron chi connectivity index (χ1n) is 5.55. The molecule has 0 fully saturated rings. The minimum absolute atomic E-state index is 0.0190. The van der Waals surface area contributed by atoms with Crippen molar-refractivity contribution in [2.24, 2.45) is 0 Å². The van der Waals surface area contributed by atoms with Crippen LogP contribution in [0.1, 0.15) is 5.56 Å². The van der Waals surface area contributed by atoms with Gasteiger partial charge in [-0.05, 0) is 30.3 Å². The van der Waals surface area contributed by atoms with Crippen LogP contribution in [0.25, 0.3) is 6.08 Å². The monoisotopic (exact) mass is 277 g/mol. The van der Waals surface area contributed by atoms with Crippen molar-refractivity contribution < 1.29 is 23.4 Å². The molecular formula is C14H9F2NO3. The largest absolute Gasteiger partial charge is 0.478 e. The van der Waals surface area contributed by atoms with Crippen molar-refractivity contribution in [2.75, 3.05) is 0 Å². The van der Waals surface area contributed by atoms with Gasteiger partial charge in [-0.15, -0.1) is 0 Å². The van der Waals surface area contributed by atoms with E-state index in [1.165, 1.54) is 12.3 Å². The van der Waals surface area contributed by atoms with Gasteiger partial charge in [-0.1, -0.05) is 0 Å². The van der Waals surface area contributed by atoms with E-state index in [-0.39, 0.29) is 11.6 Å². The lowest BCUT2D eigenvalue weighted by molar-refractivity contribution is -0.131. The fourth-order valence-corrected chi connectivity index (χ4v) is 1.44. The first-order valence-corrected chi connectivity index (χ1v) is 5.55. The predicted molar refractivity (Wildman–Crippen MR) is 67.3 cm³/mol. The number of aliphatic carboxylic acids is 1. The number of benzene rings is 1. The molecule has 0 spiro atoms. The van der Waals surface area contributed by atoms with Crippen LogP contribution in [0.3, 0.4) is 0 Å². The maximum absolute atomic E-state index is 13.5. The van der Waals surface area contributed by atoms with E-state index in [4.69, 9.17) is 9.84 Å². The highest BCUT2D eigenvalue weighted by Gasteiger charge is 2.09. The summed E-state index contributed by atoms with van der Waals surface area (Å²) in [6.07, 6.45) is 3.54. The second-order valence-corrected chi connectivity index (χ2v) is 3.75. The molecule has 0 atom stereocenters. The molecule has 0 unspecified atom stereocenters. The van der Waals surface area contributed by atoms with Crippen LogP contribution in [0.4, 0.5) is 8.78 Å². The van der Waals surface area contributed by atoms with Gasteiger partial charge in [0.05, 0.1) is 0 Å². The van der Waals surface area contributed by atoms with Crippen LogP contribution in [0.15, 0.2) is 42.6 Å². The van der Waals surface area contributed by atoms with Gasteiger partial charge in [0, 0.05) is 23.9 Å². The average molecular weight is 277 g/mol. The third-order valence-electron chi connectivity index (χ3n) is 2.31. The van der Waals surface area contributed by atoms with E-state index in [1.807, 2.05) is 0 Å². The van der Waals surface area contributed by atoms with E-state index in [0.29, 0.717) is 5.56 Å². The van der Waals surface area contributed by atoms with Gasteiger partial charge in [0.25, 0.3) is 0 Å². The molecule has 0 bridgehead atoms. The summed E-state index contributed by atoms with van der Waals surface area (Å²) in [5, 5.41) is 8.58. The van der Waals surface area contributed by atoms with Gasteiger partial charge in [0.2, 0.25) is 5.88 Å². The van der Waals surface area contributed by atoms with Crippen LogP contribution in [0, 0.1) is 11.6 Å². The molecule has 0 amide bonds. The van der Waals surface area contributed by atoms with Gasteiger partial charge in [-0.2, -0.15) is 0 Å². The first-order chi connectivity index (χ1) is 9.56. The van der Waals surface area contributed by atoms with E-state index in [2.05, 4.69) is 4.98 Å². The summed E-state index contributed by atoms with van der Waals surface area (Å²) in [6.45, 7) is 0. The highest BCUT2D eigenvalue weighted by atomic mass is 19.1. The zero-order chi connectivity index (χ0) is 14.5. The Morgan fingerprint density at radius 3 is 2.85 bits per heavy atom. The zero-order valence-electron chi connectivity index (χ0n) is 10.1. The van der Waals surface area contributed by atoms with Crippen molar-refractivity contribution in [3.8, 4) is 11.6 Å². The summed E-state index contributed by atoms with van der Waals surface area (Å²) in [6, 6.07) is 5.89. The van der Waals surface area contributed by atoms with Crippen molar-refractivity contribution in [3.63, 3.8) is 0 Å². The van der Waals surface area contributed by atoms with E-state index in [1.54, 1.807) is 12.1 Å². The smallest absolute Gasteiger partial charge is 0.328 e. The molecule has 0 aliphatic carbocycles. The Hall–Kier alpha value is -2.76. The van der Waals surface area contributed by atoms with Gasteiger partial charge < -0.3 is 9.84 Å². The molecule has 0 radical (unpaired) electrons. The Kier molecular flexibility index (Phi) is 4.05. The molecule has 1 heterocycles. The summed E-state index contributed by atoms with van der Waals surface area (Å²) >= 11 is 0. The molecule has 4 nitrogen and oxygen atoms in total. The average Bonchev–Trinajstić information content (AvgIpc) is 2.42. The number of halogens is 2. The lowest BCUT2D eigenvalue weighted by atomic mass is 10.2. The van der Waals surface area contributed by atoms with Crippen molar-refractivity contribution in [3.05, 3.63) is 59.8 Å². The number of ether oxygens (including phenoxy) is 1. The minimum Gasteiger partial charge on any atom is -0.478 e. The number of rotatable bonds is 4. The summed E-state index contributed by atoms with van der Waals surface area (Å²) < 4.78 is 31.7. The molecular weight excluding hydrogens is 268 g/mol. The van der Waals surface area contributed by atoms with Crippen LogP contribution in [-0.4, -0.2) is 16.1 Å². The summed E-state index contributed by atoms with van der Waals surface area (Å²) in [5.41, 5.74) is 0.332. The molecule has 0 aliphatic heterocycles. The second-order valence-electron chi connectivity index (χ2n) is 3.75. The summed E-state index contributed by atoms with van der Waals surface area (Å²) in [5.74, 6) is -2.88. The predicted octanol–water partition coefficient (Wildman–Crippen LogP) is 3.25.